The highest BCUT2D eigenvalue weighted by Crippen LogP contribution is 2.27. The number of hydrogen-bond acceptors (Lipinski definition) is 3. The first-order valence-corrected chi connectivity index (χ1v) is 10.3. The fourth-order valence-corrected chi connectivity index (χ4v) is 4.80. The van der Waals surface area contributed by atoms with Crippen molar-refractivity contribution >= 4 is 21.6 Å². The molecule has 0 radical (unpaired) electrons. The van der Waals surface area contributed by atoms with E-state index >= 15 is 0 Å². The lowest BCUT2D eigenvalue weighted by molar-refractivity contribution is -0.132. The minimum Gasteiger partial charge on any atom is -0.341 e. The van der Waals surface area contributed by atoms with Crippen molar-refractivity contribution in [2.75, 3.05) is 17.6 Å². The second-order valence-electron chi connectivity index (χ2n) is 6.97. The Labute approximate surface area is 145 Å². The molecule has 1 amide bonds. The number of nitrogens with zero attached hydrogens (tertiary/aromatic N) is 2. The first-order chi connectivity index (χ1) is 11.1. The monoisotopic (exact) mass is 352 g/mol. The number of aryl methyl sites for hydroxylation is 2. The Balaban J connectivity index is 2.35. The molecule has 134 valence electrons. The molecule has 0 heterocycles. The first kappa shape index (κ1) is 18.8. The van der Waals surface area contributed by atoms with Crippen LogP contribution in [0, 0.1) is 13.8 Å². The van der Waals surface area contributed by atoms with Crippen molar-refractivity contribution in [3.8, 4) is 0 Å². The van der Waals surface area contributed by atoms with Crippen LogP contribution in [-0.4, -0.2) is 44.6 Å². The first-order valence-electron chi connectivity index (χ1n) is 8.45. The number of anilines is 1. The van der Waals surface area contributed by atoms with Crippen molar-refractivity contribution in [2.24, 2.45) is 0 Å². The van der Waals surface area contributed by atoms with Crippen molar-refractivity contribution in [3.05, 3.63) is 29.3 Å². The molecule has 0 aliphatic heterocycles. The molecule has 0 saturated heterocycles. The maximum atomic E-state index is 12.9. The largest absolute Gasteiger partial charge is 0.341 e. The van der Waals surface area contributed by atoms with Crippen LogP contribution in [0.4, 0.5) is 5.69 Å². The fraction of sp³-hybridized carbons (Fsp3) is 0.611. The van der Waals surface area contributed by atoms with E-state index in [1.807, 2.05) is 32.0 Å². The van der Waals surface area contributed by atoms with Gasteiger partial charge in [-0.25, -0.2) is 8.42 Å². The van der Waals surface area contributed by atoms with Crippen LogP contribution in [-0.2, 0) is 14.8 Å². The molecule has 0 bridgehead atoms. The van der Waals surface area contributed by atoms with Crippen molar-refractivity contribution in [1.29, 1.82) is 0 Å². The Morgan fingerprint density at radius 3 is 2.08 bits per heavy atom. The molecule has 1 fully saturated rings. The molecule has 5 nitrogen and oxygen atoms in total. The van der Waals surface area contributed by atoms with Crippen LogP contribution in [0.5, 0.6) is 0 Å². The number of sulfonamides is 1. The molecule has 1 aliphatic carbocycles. The zero-order valence-corrected chi connectivity index (χ0v) is 16.1. The lowest BCUT2D eigenvalue weighted by atomic mass is 10.1. The van der Waals surface area contributed by atoms with Gasteiger partial charge >= 0.3 is 0 Å². The highest BCUT2D eigenvalue weighted by molar-refractivity contribution is 7.92. The summed E-state index contributed by atoms with van der Waals surface area (Å²) < 4.78 is 26.0. The second kappa shape index (κ2) is 7.13. The molecule has 1 aromatic carbocycles. The number of carbonyl (C=O) groups excluding carboxylic acids is 1. The highest BCUT2D eigenvalue weighted by Gasteiger charge is 2.34. The van der Waals surface area contributed by atoms with E-state index in [2.05, 4.69) is 0 Å². The molecule has 0 aromatic heterocycles. The molecule has 0 spiro atoms. The van der Waals surface area contributed by atoms with Crippen LogP contribution in [0.1, 0.15) is 43.7 Å². The van der Waals surface area contributed by atoms with Gasteiger partial charge in [-0.3, -0.25) is 9.10 Å². The smallest absolute Gasteiger partial charge is 0.246 e. The summed E-state index contributed by atoms with van der Waals surface area (Å²) in [4.78, 5) is 14.6. The standard InChI is InChI=1S/C18H28N2O3S/c1-13-10-14(2)12-17(11-13)20(24(5,22)23)15(3)18(21)19(4)16-8-6-7-9-16/h10-12,15-16H,6-9H2,1-5H3/t15-/m1/s1. The third-order valence-corrected chi connectivity index (χ3v) is 5.99. The van der Waals surface area contributed by atoms with Gasteiger partial charge in [-0.15, -0.1) is 0 Å². The van der Waals surface area contributed by atoms with Crippen LogP contribution >= 0.6 is 0 Å². The third-order valence-electron chi connectivity index (χ3n) is 4.75. The summed E-state index contributed by atoms with van der Waals surface area (Å²) in [6, 6.07) is 5.08. The summed E-state index contributed by atoms with van der Waals surface area (Å²) in [5, 5.41) is 0. The SMILES string of the molecule is Cc1cc(C)cc(N([C@H](C)C(=O)N(C)C2CCCC2)S(C)(=O)=O)c1. The number of amides is 1. The van der Waals surface area contributed by atoms with Gasteiger partial charge in [0.05, 0.1) is 11.9 Å². The minimum atomic E-state index is -3.57. The van der Waals surface area contributed by atoms with Gasteiger partial charge < -0.3 is 4.90 Å². The normalized spacial score (nSPS) is 16.9. The van der Waals surface area contributed by atoms with Crippen molar-refractivity contribution in [3.63, 3.8) is 0 Å². The Kier molecular flexibility index (Phi) is 5.58. The van der Waals surface area contributed by atoms with Gasteiger partial charge in [0.1, 0.15) is 6.04 Å². The van der Waals surface area contributed by atoms with Gasteiger partial charge in [-0.2, -0.15) is 0 Å². The molecule has 0 N–H and O–H groups in total. The van der Waals surface area contributed by atoms with E-state index in [1.165, 1.54) is 4.31 Å². The molecule has 1 aromatic rings. The molecule has 0 unspecified atom stereocenters. The zero-order chi connectivity index (χ0) is 18.1. The van der Waals surface area contributed by atoms with Crippen LogP contribution in [0.15, 0.2) is 18.2 Å². The molecular weight excluding hydrogens is 324 g/mol. The summed E-state index contributed by atoms with van der Waals surface area (Å²) in [7, 11) is -1.78. The molecular formula is C18H28N2O3S. The highest BCUT2D eigenvalue weighted by atomic mass is 32.2. The summed E-state index contributed by atoms with van der Waals surface area (Å²) in [6.07, 6.45) is 5.41. The quantitative estimate of drug-likeness (QED) is 0.819. The summed E-state index contributed by atoms with van der Waals surface area (Å²) >= 11 is 0. The number of likely N-dealkylation sites (N-methyl/N-ethyl adjacent to an activating group) is 1. The van der Waals surface area contributed by atoms with Crippen LogP contribution in [0.3, 0.4) is 0 Å². The maximum absolute atomic E-state index is 12.9. The van der Waals surface area contributed by atoms with Gasteiger partial charge in [0, 0.05) is 13.1 Å². The van der Waals surface area contributed by atoms with Crippen LogP contribution in [0.2, 0.25) is 0 Å². The van der Waals surface area contributed by atoms with E-state index in [0.29, 0.717) is 5.69 Å². The Bertz CT molecular complexity index is 689. The predicted octanol–water partition coefficient (Wildman–Crippen LogP) is 2.86. The van der Waals surface area contributed by atoms with E-state index in [0.717, 1.165) is 43.1 Å². The Hall–Kier alpha value is -1.56. The lowest BCUT2D eigenvalue weighted by Crippen LogP contribution is -2.50. The number of benzene rings is 1. The van der Waals surface area contributed by atoms with Crippen molar-refractivity contribution < 1.29 is 13.2 Å². The molecule has 2 rings (SSSR count). The van der Waals surface area contributed by atoms with E-state index in [1.54, 1.807) is 18.9 Å². The third kappa shape index (κ3) is 4.09. The average Bonchev–Trinajstić information content (AvgIpc) is 2.97. The summed E-state index contributed by atoms with van der Waals surface area (Å²) in [5.41, 5.74) is 2.50. The fourth-order valence-electron chi connectivity index (χ4n) is 3.65. The average molecular weight is 353 g/mol. The van der Waals surface area contributed by atoms with E-state index < -0.39 is 16.1 Å². The van der Waals surface area contributed by atoms with Gasteiger partial charge in [0.2, 0.25) is 15.9 Å². The Morgan fingerprint density at radius 1 is 1.12 bits per heavy atom. The number of hydrogen-bond donors (Lipinski definition) is 0. The van der Waals surface area contributed by atoms with E-state index in [4.69, 9.17) is 0 Å². The van der Waals surface area contributed by atoms with Crippen LogP contribution in [0.25, 0.3) is 0 Å². The van der Waals surface area contributed by atoms with Gasteiger partial charge in [0.15, 0.2) is 0 Å². The van der Waals surface area contributed by atoms with E-state index in [9.17, 15) is 13.2 Å². The number of rotatable bonds is 5. The van der Waals surface area contributed by atoms with Gasteiger partial charge in [0.25, 0.3) is 0 Å². The Morgan fingerprint density at radius 2 is 1.62 bits per heavy atom. The molecule has 24 heavy (non-hydrogen) atoms. The van der Waals surface area contributed by atoms with Gasteiger partial charge in [-0.1, -0.05) is 18.9 Å². The minimum absolute atomic E-state index is 0.147. The lowest BCUT2D eigenvalue weighted by Gasteiger charge is -2.33. The summed E-state index contributed by atoms with van der Waals surface area (Å²) in [5.74, 6) is -0.147. The maximum Gasteiger partial charge on any atom is 0.246 e. The zero-order valence-electron chi connectivity index (χ0n) is 15.2. The molecule has 1 saturated carbocycles. The molecule has 1 atom stereocenters. The second-order valence-corrected chi connectivity index (χ2v) is 8.83. The topological polar surface area (TPSA) is 57.7 Å². The van der Waals surface area contributed by atoms with Crippen LogP contribution < -0.4 is 4.31 Å². The number of carbonyl (C=O) groups is 1. The summed E-state index contributed by atoms with van der Waals surface area (Å²) in [6.45, 7) is 5.52. The van der Waals surface area contributed by atoms with Crippen molar-refractivity contribution in [2.45, 2.75) is 58.5 Å². The molecule has 1 aliphatic rings. The van der Waals surface area contributed by atoms with Gasteiger partial charge in [-0.05, 0) is 56.9 Å². The van der Waals surface area contributed by atoms with E-state index in [-0.39, 0.29) is 11.9 Å². The van der Waals surface area contributed by atoms with Crippen molar-refractivity contribution in [1.82, 2.24) is 4.90 Å². The molecule has 6 heteroatoms. The predicted molar refractivity (Wildman–Crippen MR) is 97.7 cm³/mol.